The molecule has 6 nitrogen and oxygen atoms in total. The fourth-order valence-corrected chi connectivity index (χ4v) is 2.29. The molecule has 0 saturated carbocycles. The smallest absolute Gasteiger partial charge is 0.311 e. The first-order valence-electron chi connectivity index (χ1n) is 6.25. The molecule has 2 heterocycles. The van der Waals surface area contributed by atoms with Gasteiger partial charge in [-0.2, -0.15) is 0 Å². The molecule has 1 aliphatic rings. The van der Waals surface area contributed by atoms with Crippen molar-refractivity contribution in [3.8, 4) is 0 Å². The molecule has 6 heteroatoms. The quantitative estimate of drug-likeness (QED) is 0.638. The Hall–Kier alpha value is -1.69. The Morgan fingerprint density at radius 3 is 2.94 bits per heavy atom. The van der Waals surface area contributed by atoms with Crippen molar-refractivity contribution < 1.29 is 4.92 Å². The second kappa shape index (κ2) is 5.77. The number of hydrogen-bond acceptors (Lipinski definition) is 5. The highest BCUT2D eigenvalue weighted by molar-refractivity contribution is 5.55. The Morgan fingerprint density at radius 2 is 2.28 bits per heavy atom. The van der Waals surface area contributed by atoms with Crippen LogP contribution in [0.4, 0.5) is 11.5 Å². The highest BCUT2D eigenvalue weighted by Crippen LogP contribution is 2.21. The van der Waals surface area contributed by atoms with Crippen LogP contribution in [0.3, 0.4) is 0 Å². The summed E-state index contributed by atoms with van der Waals surface area (Å²) in [5.74, 6) is 0.356. The predicted octanol–water partition coefficient (Wildman–Crippen LogP) is 1.89. The molecule has 1 unspecified atom stereocenters. The molecule has 0 aliphatic carbocycles. The summed E-state index contributed by atoms with van der Waals surface area (Å²) in [6.07, 6.45) is 4.06. The number of rotatable bonds is 5. The first kappa shape index (κ1) is 12.8. The lowest BCUT2D eigenvalue weighted by Gasteiger charge is -2.21. The second-order valence-electron chi connectivity index (χ2n) is 4.68. The van der Waals surface area contributed by atoms with E-state index in [4.69, 9.17) is 0 Å². The van der Waals surface area contributed by atoms with E-state index in [2.05, 4.69) is 15.2 Å². The molecule has 2 rings (SSSR count). The van der Waals surface area contributed by atoms with Crippen molar-refractivity contribution in [2.45, 2.75) is 25.8 Å². The number of nitrogens with one attached hydrogen (secondary N) is 1. The third-order valence-corrected chi connectivity index (χ3v) is 3.10. The summed E-state index contributed by atoms with van der Waals surface area (Å²) in [5, 5.41) is 14.0. The fraction of sp³-hybridized carbons (Fsp3) is 0.583. The zero-order chi connectivity index (χ0) is 13.0. The Labute approximate surface area is 106 Å². The fourth-order valence-electron chi connectivity index (χ4n) is 2.29. The van der Waals surface area contributed by atoms with Gasteiger partial charge in [0.05, 0.1) is 4.92 Å². The molecule has 0 aromatic carbocycles. The van der Waals surface area contributed by atoms with Gasteiger partial charge in [0, 0.05) is 24.8 Å². The van der Waals surface area contributed by atoms with Crippen LogP contribution in [0, 0.1) is 10.1 Å². The van der Waals surface area contributed by atoms with Crippen molar-refractivity contribution in [3.63, 3.8) is 0 Å². The monoisotopic (exact) mass is 250 g/mol. The lowest BCUT2D eigenvalue weighted by Crippen LogP contribution is -2.33. The Balaban J connectivity index is 1.97. The van der Waals surface area contributed by atoms with Gasteiger partial charge < -0.3 is 10.2 Å². The van der Waals surface area contributed by atoms with Crippen molar-refractivity contribution in [1.29, 1.82) is 0 Å². The Morgan fingerprint density at radius 1 is 1.56 bits per heavy atom. The molecule has 1 aromatic heterocycles. The SMILES string of the molecule is CC(CN1CCCC1)Nc1ncccc1[N+](=O)[O-]. The maximum Gasteiger partial charge on any atom is 0.311 e. The molecular weight excluding hydrogens is 232 g/mol. The van der Waals surface area contributed by atoms with E-state index in [0.717, 1.165) is 19.6 Å². The molecule has 0 radical (unpaired) electrons. The molecule has 1 aliphatic heterocycles. The minimum atomic E-state index is -0.405. The lowest BCUT2D eigenvalue weighted by molar-refractivity contribution is -0.384. The maximum absolute atomic E-state index is 10.9. The standard InChI is InChI=1S/C12H18N4O2/c1-10(9-15-7-2-3-8-15)14-12-11(16(17)18)5-4-6-13-12/h4-6,10H,2-3,7-9H2,1H3,(H,13,14). The van der Waals surface area contributed by atoms with Crippen LogP contribution in [0.5, 0.6) is 0 Å². The maximum atomic E-state index is 10.9. The van der Waals surface area contributed by atoms with E-state index in [1.54, 1.807) is 12.3 Å². The van der Waals surface area contributed by atoms with Crippen molar-refractivity contribution in [2.24, 2.45) is 0 Å². The summed E-state index contributed by atoms with van der Waals surface area (Å²) in [6, 6.07) is 3.20. The van der Waals surface area contributed by atoms with Gasteiger partial charge in [0.2, 0.25) is 5.82 Å². The lowest BCUT2D eigenvalue weighted by atomic mass is 10.3. The second-order valence-corrected chi connectivity index (χ2v) is 4.68. The van der Waals surface area contributed by atoms with Crippen LogP contribution in [0.25, 0.3) is 0 Å². The molecule has 1 fully saturated rings. The first-order chi connectivity index (χ1) is 8.66. The normalized spacial score (nSPS) is 17.6. The Bertz CT molecular complexity index is 418. The van der Waals surface area contributed by atoms with Gasteiger partial charge in [-0.25, -0.2) is 4.98 Å². The zero-order valence-corrected chi connectivity index (χ0v) is 10.5. The molecule has 0 amide bonds. The molecule has 0 bridgehead atoms. The highest BCUT2D eigenvalue weighted by atomic mass is 16.6. The first-order valence-corrected chi connectivity index (χ1v) is 6.25. The third kappa shape index (κ3) is 3.16. The van der Waals surface area contributed by atoms with Crippen molar-refractivity contribution in [3.05, 3.63) is 28.4 Å². The van der Waals surface area contributed by atoms with Gasteiger partial charge in [-0.3, -0.25) is 10.1 Å². The largest absolute Gasteiger partial charge is 0.361 e. The van der Waals surface area contributed by atoms with E-state index in [0.29, 0.717) is 5.82 Å². The van der Waals surface area contributed by atoms with Gasteiger partial charge in [0.25, 0.3) is 0 Å². The summed E-state index contributed by atoms with van der Waals surface area (Å²) >= 11 is 0. The van der Waals surface area contributed by atoms with E-state index >= 15 is 0 Å². The number of nitro groups is 1. The number of likely N-dealkylation sites (tertiary alicyclic amines) is 1. The molecule has 1 aromatic rings. The minimum Gasteiger partial charge on any atom is -0.361 e. The third-order valence-electron chi connectivity index (χ3n) is 3.10. The number of aromatic nitrogens is 1. The van der Waals surface area contributed by atoms with Gasteiger partial charge in [0.1, 0.15) is 0 Å². The average Bonchev–Trinajstić information content (AvgIpc) is 2.82. The van der Waals surface area contributed by atoms with Crippen LogP contribution in [0.15, 0.2) is 18.3 Å². The van der Waals surface area contributed by atoms with E-state index < -0.39 is 4.92 Å². The molecule has 1 atom stereocenters. The highest BCUT2D eigenvalue weighted by Gasteiger charge is 2.18. The van der Waals surface area contributed by atoms with Gasteiger partial charge >= 0.3 is 5.69 Å². The van der Waals surface area contributed by atoms with Gasteiger partial charge in [-0.05, 0) is 38.9 Å². The average molecular weight is 250 g/mol. The topological polar surface area (TPSA) is 71.3 Å². The summed E-state index contributed by atoms with van der Waals surface area (Å²) in [7, 11) is 0. The van der Waals surface area contributed by atoms with E-state index in [9.17, 15) is 10.1 Å². The van der Waals surface area contributed by atoms with E-state index in [-0.39, 0.29) is 11.7 Å². The van der Waals surface area contributed by atoms with Crippen LogP contribution < -0.4 is 5.32 Å². The summed E-state index contributed by atoms with van der Waals surface area (Å²) in [6.45, 7) is 5.16. The number of nitrogens with zero attached hydrogens (tertiary/aromatic N) is 3. The Kier molecular flexibility index (Phi) is 4.09. The van der Waals surface area contributed by atoms with Crippen LogP contribution in [-0.4, -0.2) is 40.5 Å². The summed E-state index contributed by atoms with van der Waals surface area (Å²) in [5.41, 5.74) is 0.0331. The molecule has 18 heavy (non-hydrogen) atoms. The zero-order valence-electron chi connectivity index (χ0n) is 10.5. The minimum absolute atomic E-state index is 0.0331. The van der Waals surface area contributed by atoms with Crippen molar-refractivity contribution >= 4 is 11.5 Å². The van der Waals surface area contributed by atoms with Gasteiger partial charge in [-0.1, -0.05) is 0 Å². The van der Waals surface area contributed by atoms with Gasteiger partial charge in [0.15, 0.2) is 0 Å². The predicted molar refractivity (Wildman–Crippen MR) is 69.7 cm³/mol. The molecule has 98 valence electrons. The summed E-state index contributed by atoms with van der Waals surface area (Å²) < 4.78 is 0. The van der Waals surface area contributed by atoms with Crippen LogP contribution in [0.1, 0.15) is 19.8 Å². The van der Waals surface area contributed by atoms with E-state index in [1.165, 1.54) is 18.9 Å². The van der Waals surface area contributed by atoms with Crippen molar-refractivity contribution in [2.75, 3.05) is 25.0 Å². The number of hydrogen-bond donors (Lipinski definition) is 1. The number of anilines is 1. The van der Waals surface area contributed by atoms with E-state index in [1.807, 2.05) is 6.92 Å². The summed E-state index contributed by atoms with van der Waals surface area (Å²) in [4.78, 5) is 16.9. The molecule has 1 N–H and O–H groups in total. The van der Waals surface area contributed by atoms with Crippen molar-refractivity contribution in [1.82, 2.24) is 9.88 Å². The van der Waals surface area contributed by atoms with Crippen LogP contribution in [-0.2, 0) is 0 Å². The van der Waals surface area contributed by atoms with Crippen LogP contribution in [0.2, 0.25) is 0 Å². The van der Waals surface area contributed by atoms with Gasteiger partial charge in [-0.15, -0.1) is 0 Å². The molecule has 0 spiro atoms. The van der Waals surface area contributed by atoms with Crippen LogP contribution >= 0.6 is 0 Å². The molecule has 1 saturated heterocycles. The molecular formula is C12H18N4O2. The number of pyridine rings is 1.